The second-order valence-corrected chi connectivity index (χ2v) is 5.24. The molecule has 0 saturated carbocycles. The molecule has 0 fully saturated rings. The first kappa shape index (κ1) is 11.2. The molecule has 18 heavy (non-hydrogen) atoms. The molecular formula is C14H13N3S. The van der Waals surface area contributed by atoms with Crippen LogP contribution in [0.15, 0.2) is 42.5 Å². The molecule has 1 aromatic heterocycles. The Labute approximate surface area is 109 Å². The molecule has 0 aliphatic carbocycles. The van der Waals surface area contributed by atoms with E-state index in [-0.39, 0.29) is 0 Å². The normalized spacial score (nSPS) is 10.8. The van der Waals surface area contributed by atoms with Crippen LogP contribution in [0.4, 0.5) is 5.69 Å². The number of nitrogens with zero attached hydrogens (tertiary/aromatic N) is 1. The van der Waals surface area contributed by atoms with E-state index in [0.717, 1.165) is 21.8 Å². The fourth-order valence-electron chi connectivity index (χ4n) is 1.86. The van der Waals surface area contributed by atoms with Crippen molar-refractivity contribution in [3.63, 3.8) is 0 Å². The van der Waals surface area contributed by atoms with Crippen molar-refractivity contribution >= 4 is 27.2 Å². The largest absolute Gasteiger partial charge is 0.324 e. The molecule has 4 heteroatoms. The van der Waals surface area contributed by atoms with Crippen LogP contribution in [0.3, 0.4) is 0 Å². The van der Waals surface area contributed by atoms with Crippen molar-refractivity contribution in [3.8, 4) is 10.6 Å². The highest BCUT2D eigenvalue weighted by Gasteiger charge is 2.06. The van der Waals surface area contributed by atoms with Gasteiger partial charge in [0.15, 0.2) is 0 Å². The van der Waals surface area contributed by atoms with Gasteiger partial charge in [-0.25, -0.2) is 4.98 Å². The molecule has 0 bridgehead atoms. The zero-order valence-electron chi connectivity index (χ0n) is 9.97. The number of rotatable bonds is 2. The standard InChI is InChI=1S/C14H13N3S/c1-9-2-7-12-13(8-9)18-14(16-12)10-3-5-11(17-15)6-4-10/h2-8,17H,15H2,1H3. The van der Waals surface area contributed by atoms with Gasteiger partial charge < -0.3 is 5.43 Å². The van der Waals surface area contributed by atoms with Gasteiger partial charge in [-0.3, -0.25) is 5.84 Å². The Balaban J connectivity index is 2.07. The minimum absolute atomic E-state index is 0.899. The maximum atomic E-state index is 5.35. The van der Waals surface area contributed by atoms with Crippen molar-refractivity contribution in [2.75, 3.05) is 5.43 Å². The summed E-state index contributed by atoms with van der Waals surface area (Å²) < 4.78 is 1.23. The topological polar surface area (TPSA) is 50.9 Å². The van der Waals surface area contributed by atoms with Crippen LogP contribution < -0.4 is 11.3 Å². The van der Waals surface area contributed by atoms with Crippen LogP contribution in [0.25, 0.3) is 20.8 Å². The van der Waals surface area contributed by atoms with Gasteiger partial charge in [-0.1, -0.05) is 6.07 Å². The number of thiazole rings is 1. The van der Waals surface area contributed by atoms with E-state index in [1.807, 2.05) is 24.3 Å². The van der Waals surface area contributed by atoms with E-state index in [1.165, 1.54) is 10.3 Å². The van der Waals surface area contributed by atoms with Gasteiger partial charge in [0.25, 0.3) is 0 Å². The van der Waals surface area contributed by atoms with Gasteiger partial charge >= 0.3 is 0 Å². The van der Waals surface area contributed by atoms with Crippen molar-refractivity contribution in [3.05, 3.63) is 48.0 Å². The Bertz CT molecular complexity index is 686. The Morgan fingerprint density at radius 1 is 1.11 bits per heavy atom. The van der Waals surface area contributed by atoms with Gasteiger partial charge in [0, 0.05) is 11.3 Å². The van der Waals surface area contributed by atoms with Crippen molar-refractivity contribution in [2.24, 2.45) is 5.84 Å². The van der Waals surface area contributed by atoms with E-state index >= 15 is 0 Å². The summed E-state index contributed by atoms with van der Waals surface area (Å²) >= 11 is 1.72. The molecule has 90 valence electrons. The predicted octanol–water partition coefficient (Wildman–Crippen LogP) is 3.56. The Hall–Kier alpha value is -1.91. The molecule has 0 saturated heterocycles. The summed E-state index contributed by atoms with van der Waals surface area (Å²) in [5.41, 5.74) is 6.96. The SMILES string of the molecule is Cc1ccc2nc(-c3ccc(NN)cc3)sc2c1. The zero-order chi connectivity index (χ0) is 12.5. The number of hydrogen-bond acceptors (Lipinski definition) is 4. The zero-order valence-corrected chi connectivity index (χ0v) is 10.8. The second kappa shape index (κ2) is 4.40. The van der Waals surface area contributed by atoms with Crippen molar-refractivity contribution in [1.29, 1.82) is 0 Å². The summed E-state index contributed by atoms with van der Waals surface area (Å²) in [6, 6.07) is 14.3. The highest BCUT2D eigenvalue weighted by atomic mass is 32.1. The first-order valence-electron chi connectivity index (χ1n) is 5.70. The molecule has 0 aliphatic heterocycles. The van der Waals surface area contributed by atoms with Crippen LogP contribution in [0.1, 0.15) is 5.56 Å². The first-order chi connectivity index (χ1) is 8.76. The first-order valence-corrected chi connectivity index (χ1v) is 6.52. The predicted molar refractivity (Wildman–Crippen MR) is 77.6 cm³/mol. The third-order valence-corrected chi connectivity index (χ3v) is 3.91. The number of fused-ring (bicyclic) bond motifs is 1. The van der Waals surface area contributed by atoms with E-state index in [2.05, 4.69) is 35.5 Å². The quantitative estimate of drug-likeness (QED) is 0.544. The third kappa shape index (κ3) is 1.96. The van der Waals surface area contributed by atoms with Crippen molar-refractivity contribution < 1.29 is 0 Å². The molecule has 3 nitrogen and oxygen atoms in total. The van der Waals surface area contributed by atoms with Gasteiger partial charge in [-0.15, -0.1) is 11.3 Å². The molecule has 1 heterocycles. The molecular weight excluding hydrogens is 242 g/mol. The molecule has 2 aromatic carbocycles. The lowest BCUT2D eigenvalue weighted by Crippen LogP contribution is -2.05. The van der Waals surface area contributed by atoms with E-state index < -0.39 is 0 Å². The number of nitrogen functional groups attached to an aromatic ring is 1. The maximum absolute atomic E-state index is 5.35. The van der Waals surface area contributed by atoms with E-state index in [9.17, 15) is 0 Å². The van der Waals surface area contributed by atoms with Crippen molar-refractivity contribution in [1.82, 2.24) is 4.98 Å². The van der Waals surface area contributed by atoms with E-state index in [0.29, 0.717) is 0 Å². The summed E-state index contributed by atoms with van der Waals surface area (Å²) in [4.78, 5) is 4.65. The van der Waals surface area contributed by atoms with Gasteiger partial charge in [-0.05, 0) is 48.9 Å². The molecule has 0 unspecified atom stereocenters. The molecule has 0 aliphatic rings. The molecule has 0 radical (unpaired) electrons. The minimum Gasteiger partial charge on any atom is -0.324 e. The highest BCUT2D eigenvalue weighted by molar-refractivity contribution is 7.21. The molecule has 0 atom stereocenters. The molecule has 3 aromatic rings. The Morgan fingerprint density at radius 3 is 2.61 bits per heavy atom. The number of nitrogens with one attached hydrogen (secondary N) is 1. The molecule has 0 spiro atoms. The number of benzene rings is 2. The van der Waals surface area contributed by atoms with E-state index in [1.54, 1.807) is 11.3 Å². The number of aromatic nitrogens is 1. The lowest BCUT2D eigenvalue weighted by atomic mass is 10.2. The van der Waals surface area contributed by atoms with E-state index in [4.69, 9.17) is 5.84 Å². The van der Waals surface area contributed by atoms with Crippen LogP contribution >= 0.6 is 11.3 Å². The average molecular weight is 255 g/mol. The third-order valence-electron chi connectivity index (χ3n) is 2.84. The summed E-state index contributed by atoms with van der Waals surface area (Å²) in [7, 11) is 0. The fourth-order valence-corrected chi connectivity index (χ4v) is 2.93. The van der Waals surface area contributed by atoms with Crippen molar-refractivity contribution in [2.45, 2.75) is 6.92 Å². The van der Waals surface area contributed by atoms with Gasteiger partial charge in [0.05, 0.1) is 10.2 Å². The van der Waals surface area contributed by atoms with Crippen LogP contribution in [0, 0.1) is 6.92 Å². The van der Waals surface area contributed by atoms with Crippen LogP contribution in [-0.4, -0.2) is 4.98 Å². The summed E-state index contributed by atoms with van der Waals surface area (Å²) in [5.74, 6) is 5.35. The molecule has 3 rings (SSSR count). The summed E-state index contributed by atoms with van der Waals surface area (Å²) in [5, 5.41) is 1.04. The second-order valence-electron chi connectivity index (χ2n) is 4.21. The highest BCUT2D eigenvalue weighted by Crippen LogP contribution is 2.31. The average Bonchev–Trinajstić information content (AvgIpc) is 2.81. The van der Waals surface area contributed by atoms with Crippen LogP contribution in [0.5, 0.6) is 0 Å². The smallest absolute Gasteiger partial charge is 0.124 e. The Kier molecular flexibility index (Phi) is 2.74. The van der Waals surface area contributed by atoms with Crippen LogP contribution in [0.2, 0.25) is 0 Å². The Morgan fingerprint density at radius 2 is 1.89 bits per heavy atom. The maximum Gasteiger partial charge on any atom is 0.124 e. The fraction of sp³-hybridized carbons (Fsp3) is 0.0714. The van der Waals surface area contributed by atoms with Gasteiger partial charge in [0.1, 0.15) is 5.01 Å². The molecule has 0 amide bonds. The van der Waals surface area contributed by atoms with Crippen LogP contribution in [-0.2, 0) is 0 Å². The number of hydrogen-bond donors (Lipinski definition) is 2. The summed E-state index contributed by atoms with van der Waals surface area (Å²) in [6.07, 6.45) is 0. The minimum atomic E-state index is 0.899. The number of aryl methyl sites for hydroxylation is 1. The van der Waals surface area contributed by atoms with Gasteiger partial charge in [-0.2, -0.15) is 0 Å². The number of anilines is 1. The monoisotopic (exact) mass is 255 g/mol. The molecule has 3 N–H and O–H groups in total. The lowest BCUT2D eigenvalue weighted by Gasteiger charge is -2.00. The lowest BCUT2D eigenvalue weighted by molar-refractivity contribution is 1.35. The summed E-state index contributed by atoms with van der Waals surface area (Å²) in [6.45, 7) is 2.10. The number of nitrogens with two attached hydrogens (primary N) is 1. The number of hydrazine groups is 1. The van der Waals surface area contributed by atoms with Gasteiger partial charge in [0.2, 0.25) is 0 Å².